The number of halogens is 3. The van der Waals surface area contributed by atoms with E-state index in [1.807, 2.05) is 32.0 Å². The van der Waals surface area contributed by atoms with Crippen LogP contribution < -0.4 is 5.32 Å². The number of para-hydroxylation sites is 1. The monoisotopic (exact) mass is 410 g/mol. The molecule has 0 aliphatic heterocycles. The minimum absolute atomic E-state index is 0.00383. The zero-order valence-electron chi connectivity index (χ0n) is 16.2. The normalized spacial score (nSPS) is 11.3. The third-order valence-electron chi connectivity index (χ3n) is 4.83. The smallest absolute Gasteiger partial charge is 0.280 e. The van der Waals surface area contributed by atoms with Crippen LogP contribution in [0.5, 0.6) is 0 Å². The van der Waals surface area contributed by atoms with Crippen molar-refractivity contribution in [3.05, 3.63) is 82.9 Å². The summed E-state index contributed by atoms with van der Waals surface area (Å²) in [6.45, 7) is 3.72. The Bertz CT molecular complexity index is 1230. The predicted octanol–water partition coefficient (Wildman–Crippen LogP) is 5.34. The van der Waals surface area contributed by atoms with Gasteiger partial charge in [-0.2, -0.15) is 5.10 Å². The third kappa shape index (κ3) is 3.52. The number of anilines is 1. The second-order valence-electron chi connectivity index (χ2n) is 6.89. The van der Waals surface area contributed by atoms with E-state index in [1.54, 1.807) is 0 Å². The van der Waals surface area contributed by atoms with Gasteiger partial charge in [-0.05, 0) is 55.3 Å². The van der Waals surface area contributed by atoms with Crippen LogP contribution in [-0.2, 0) is 0 Å². The number of amides is 1. The highest BCUT2D eigenvalue weighted by atomic mass is 19.3. The molecule has 4 aromatic rings. The molecule has 0 saturated heterocycles. The van der Waals surface area contributed by atoms with E-state index in [4.69, 9.17) is 0 Å². The minimum atomic E-state index is -2.84. The number of aryl methyl sites for hydroxylation is 2. The van der Waals surface area contributed by atoms with Crippen LogP contribution in [0.4, 0.5) is 18.9 Å². The van der Waals surface area contributed by atoms with E-state index < -0.39 is 23.8 Å². The van der Waals surface area contributed by atoms with Gasteiger partial charge < -0.3 is 5.32 Å². The SMILES string of the molecule is Cc1cccc(C)c1NC(=O)c1cnn2c(C(F)F)cc(-c3ccc(F)cc3)nc12. The maximum absolute atomic E-state index is 13.7. The van der Waals surface area contributed by atoms with Crippen LogP contribution >= 0.6 is 0 Å². The first-order chi connectivity index (χ1) is 14.3. The zero-order chi connectivity index (χ0) is 21.4. The van der Waals surface area contributed by atoms with Gasteiger partial charge in [-0.1, -0.05) is 18.2 Å². The van der Waals surface area contributed by atoms with Crippen molar-refractivity contribution in [2.75, 3.05) is 5.32 Å². The Balaban J connectivity index is 1.83. The molecule has 2 aromatic carbocycles. The average Bonchev–Trinajstić information content (AvgIpc) is 3.14. The number of hydrogen-bond donors (Lipinski definition) is 1. The van der Waals surface area contributed by atoms with Crippen LogP contribution in [0.3, 0.4) is 0 Å². The Morgan fingerprint density at radius 1 is 1.07 bits per heavy atom. The van der Waals surface area contributed by atoms with Gasteiger partial charge in [0.05, 0.1) is 11.9 Å². The largest absolute Gasteiger partial charge is 0.321 e. The molecule has 2 heterocycles. The molecule has 152 valence electrons. The molecule has 0 aliphatic carbocycles. The fraction of sp³-hybridized carbons (Fsp3) is 0.136. The highest BCUT2D eigenvalue weighted by molar-refractivity contribution is 6.08. The maximum atomic E-state index is 13.7. The van der Waals surface area contributed by atoms with Gasteiger partial charge in [0, 0.05) is 11.3 Å². The maximum Gasteiger partial charge on any atom is 0.280 e. The van der Waals surface area contributed by atoms with Gasteiger partial charge in [0.15, 0.2) is 5.65 Å². The number of alkyl halides is 2. The van der Waals surface area contributed by atoms with Crippen molar-refractivity contribution in [2.45, 2.75) is 20.3 Å². The Hall–Kier alpha value is -3.68. The molecule has 0 saturated carbocycles. The molecule has 2 aromatic heterocycles. The Morgan fingerprint density at radius 2 is 1.73 bits per heavy atom. The van der Waals surface area contributed by atoms with Crippen molar-refractivity contribution >= 4 is 17.2 Å². The van der Waals surface area contributed by atoms with E-state index in [2.05, 4.69) is 15.4 Å². The number of nitrogens with one attached hydrogen (secondary N) is 1. The number of aromatic nitrogens is 3. The fourth-order valence-electron chi connectivity index (χ4n) is 3.26. The van der Waals surface area contributed by atoms with E-state index >= 15 is 0 Å². The second-order valence-corrected chi connectivity index (χ2v) is 6.89. The summed E-state index contributed by atoms with van der Waals surface area (Å²) in [5.41, 5.74) is 2.67. The highest BCUT2D eigenvalue weighted by Crippen LogP contribution is 2.28. The van der Waals surface area contributed by atoms with Crippen molar-refractivity contribution in [2.24, 2.45) is 0 Å². The summed E-state index contributed by atoms with van der Waals surface area (Å²) in [6.07, 6.45) is -1.63. The van der Waals surface area contributed by atoms with Crippen LogP contribution in [0.1, 0.15) is 33.6 Å². The molecule has 1 amide bonds. The first kappa shape index (κ1) is 19.6. The van der Waals surface area contributed by atoms with Crippen LogP contribution in [-0.4, -0.2) is 20.5 Å². The molecule has 8 heteroatoms. The number of fused-ring (bicyclic) bond motifs is 1. The van der Waals surface area contributed by atoms with Crippen molar-refractivity contribution in [1.82, 2.24) is 14.6 Å². The first-order valence-electron chi connectivity index (χ1n) is 9.15. The van der Waals surface area contributed by atoms with E-state index in [9.17, 15) is 18.0 Å². The van der Waals surface area contributed by atoms with Gasteiger partial charge in [0.25, 0.3) is 12.3 Å². The van der Waals surface area contributed by atoms with E-state index in [1.165, 1.54) is 36.5 Å². The number of nitrogens with zero attached hydrogens (tertiary/aromatic N) is 3. The standard InChI is InChI=1S/C22H17F3N4O/c1-12-4-3-5-13(2)19(12)28-22(30)16-11-26-29-18(20(24)25)10-17(27-21(16)29)14-6-8-15(23)9-7-14/h3-11,20H,1-2H3,(H,28,30). The zero-order valence-corrected chi connectivity index (χ0v) is 16.2. The number of benzene rings is 2. The topological polar surface area (TPSA) is 59.3 Å². The molecule has 1 N–H and O–H groups in total. The summed E-state index contributed by atoms with van der Waals surface area (Å²) >= 11 is 0. The quantitative estimate of drug-likeness (QED) is 0.494. The number of carbonyl (C=O) groups is 1. The number of rotatable bonds is 4. The summed E-state index contributed by atoms with van der Waals surface area (Å²) < 4.78 is 41.5. The molecule has 30 heavy (non-hydrogen) atoms. The lowest BCUT2D eigenvalue weighted by molar-refractivity contribution is 0.102. The number of carbonyl (C=O) groups excluding carboxylic acids is 1. The van der Waals surface area contributed by atoms with Crippen LogP contribution in [0, 0.1) is 19.7 Å². The summed E-state index contributed by atoms with van der Waals surface area (Å²) in [5, 5.41) is 6.77. The highest BCUT2D eigenvalue weighted by Gasteiger charge is 2.22. The van der Waals surface area contributed by atoms with Crippen molar-refractivity contribution in [3.63, 3.8) is 0 Å². The van der Waals surface area contributed by atoms with Gasteiger partial charge in [0.1, 0.15) is 17.1 Å². The molecule has 0 radical (unpaired) electrons. The second kappa shape index (κ2) is 7.62. The van der Waals surface area contributed by atoms with Crippen LogP contribution in [0.25, 0.3) is 16.9 Å². The molecule has 0 bridgehead atoms. The summed E-state index contributed by atoms with van der Waals surface area (Å²) in [7, 11) is 0. The summed E-state index contributed by atoms with van der Waals surface area (Å²) in [4.78, 5) is 17.3. The molecule has 0 atom stereocenters. The Morgan fingerprint density at radius 3 is 2.37 bits per heavy atom. The van der Waals surface area contributed by atoms with E-state index in [0.29, 0.717) is 11.3 Å². The van der Waals surface area contributed by atoms with E-state index in [0.717, 1.165) is 15.6 Å². The molecular weight excluding hydrogens is 393 g/mol. The molecule has 0 unspecified atom stereocenters. The first-order valence-corrected chi connectivity index (χ1v) is 9.15. The van der Waals surface area contributed by atoms with Crippen LogP contribution in [0.15, 0.2) is 54.7 Å². The molecule has 5 nitrogen and oxygen atoms in total. The summed E-state index contributed by atoms with van der Waals surface area (Å²) in [5.74, 6) is -0.960. The Labute approximate surface area is 170 Å². The third-order valence-corrected chi connectivity index (χ3v) is 4.83. The van der Waals surface area contributed by atoms with Gasteiger partial charge in [-0.25, -0.2) is 22.7 Å². The number of hydrogen-bond acceptors (Lipinski definition) is 3. The van der Waals surface area contributed by atoms with E-state index in [-0.39, 0.29) is 16.9 Å². The van der Waals surface area contributed by atoms with Gasteiger partial charge >= 0.3 is 0 Å². The van der Waals surface area contributed by atoms with Crippen LogP contribution in [0.2, 0.25) is 0 Å². The lowest BCUT2D eigenvalue weighted by Crippen LogP contribution is -2.14. The van der Waals surface area contributed by atoms with Crippen molar-refractivity contribution < 1.29 is 18.0 Å². The van der Waals surface area contributed by atoms with Gasteiger partial charge in [-0.15, -0.1) is 0 Å². The van der Waals surface area contributed by atoms with Gasteiger partial charge in [0.2, 0.25) is 0 Å². The fourth-order valence-corrected chi connectivity index (χ4v) is 3.26. The summed E-state index contributed by atoms with van der Waals surface area (Å²) in [6, 6.07) is 12.1. The van der Waals surface area contributed by atoms with Crippen molar-refractivity contribution in [1.29, 1.82) is 0 Å². The molecule has 0 spiro atoms. The molecular formula is C22H17F3N4O. The van der Waals surface area contributed by atoms with Crippen molar-refractivity contribution in [3.8, 4) is 11.3 Å². The lowest BCUT2D eigenvalue weighted by atomic mass is 10.1. The average molecular weight is 410 g/mol. The molecule has 4 rings (SSSR count). The predicted molar refractivity (Wildman–Crippen MR) is 107 cm³/mol. The molecule has 0 fully saturated rings. The lowest BCUT2D eigenvalue weighted by Gasteiger charge is -2.11. The van der Waals surface area contributed by atoms with Gasteiger partial charge in [-0.3, -0.25) is 4.79 Å². The Kier molecular flexibility index (Phi) is 4.99. The minimum Gasteiger partial charge on any atom is -0.321 e. The molecule has 0 aliphatic rings.